The van der Waals surface area contributed by atoms with Gasteiger partial charge in [-0.25, -0.2) is 0 Å². The Morgan fingerprint density at radius 2 is 0.923 bits per heavy atom. The molecule has 4 unspecified atom stereocenters. The van der Waals surface area contributed by atoms with Gasteiger partial charge in [-0.1, -0.05) is 24.3 Å². The first-order valence-corrected chi connectivity index (χ1v) is 7.43. The minimum atomic E-state index is -1.12. The van der Waals surface area contributed by atoms with Crippen molar-refractivity contribution in [1.29, 1.82) is 0 Å². The molecule has 26 heavy (non-hydrogen) atoms. The first kappa shape index (κ1) is 27.0. The molecule has 0 heterocycles. The summed E-state index contributed by atoms with van der Waals surface area (Å²) in [6.07, 6.45) is 7.50. The van der Waals surface area contributed by atoms with E-state index in [4.69, 9.17) is 14.9 Å². The van der Waals surface area contributed by atoms with Gasteiger partial charge < -0.3 is 39.8 Å². The molecule has 0 amide bonds. The fraction of sp³-hybridized carbons (Fsp3) is 0.500. The van der Waals surface area contributed by atoms with E-state index >= 15 is 0 Å². The zero-order chi connectivity index (χ0) is 17.0. The molecule has 0 spiro atoms. The van der Waals surface area contributed by atoms with Gasteiger partial charge in [0.15, 0.2) is 0 Å². The van der Waals surface area contributed by atoms with Gasteiger partial charge in [-0.05, 0) is 25.7 Å². The summed E-state index contributed by atoms with van der Waals surface area (Å²) in [5, 5.41) is 18.3. The van der Waals surface area contributed by atoms with Gasteiger partial charge in [0.2, 0.25) is 0 Å². The standard InChI is InChI=1S/C16H18O7.2ClH.Pd/c17-13(18)9-5-1-3-7-11(9)15(21)23-16(22)12-8-4-2-6-10(12)14(19)20;;;/h1-4,9-12H,5-8H2,(H,17,18)(H,19,20);2*1H;/q;;;+2/p-2. The molecule has 0 aromatic carbocycles. The van der Waals surface area contributed by atoms with E-state index in [1.54, 1.807) is 24.3 Å². The second-order valence-electron chi connectivity index (χ2n) is 5.73. The Kier molecular flexibility index (Phi) is 12.7. The van der Waals surface area contributed by atoms with Crippen LogP contribution >= 0.6 is 0 Å². The molecule has 0 radical (unpaired) electrons. The van der Waals surface area contributed by atoms with Gasteiger partial charge in [0, 0.05) is 0 Å². The fourth-order valence-corrected chi connectivity index (χ4v) is 2.95. The third kappa shape index (κ3) is 6.51. The number of esters is 2. The summed E-state index contributed by atoms with van der Waals surface area (Å²) in [7, 11) is 0. The Morgan fingerprint density at radius 1 is 0.654 bits per heavy atom. The minimum Gasteiger partial charge on any atom is -1.00 e. The second-order valence-corrected chi connectivity index (χ2v) is 5.73. The van der Waals surface area contributed by atoms with Crippen LogP contribution in [-0.4, -0.2) is 34.1 Å². The Morgan fingerprint density at radius 3 is 1.19 bits per heavy atom. The molecule has 10 heteroatoms. The molecule has 0 fully saturated rings. The molecule has 2 aliphatic rings. The number of carboxylic acids is 2. The predicted molar refractivity (Wildman–Crippen MR) is 77.1 cm³/mol. The van der Waals surface area contributed by atoms with Gasteiger partial charge in [0.25, 0.3) is 0 Å². The van der Waals surface area contributed by atoms with Gasteiger partial charge in [-0.15, -0.1) is 0 Å². The first-order valence-electron chi connectivity index (χ1n) is 7.43. The van der Waals surface area contributed by atoms with E-state index in [1.165, 1.54) is 0 Å². The van der Waals surface area contributed by atoms with Crippen molar-refractivity contribution in [2.75, 3.05) is 0 Å². The molecule has 0 bridgehead atoms. The van der Waals surface area contributed by atoms with E-state index < -0.39 is 47.5 Å². The van der Waals surface area contributed by atoms with E-state index in [9.17, 15) is 19.2 Å². The molecular weight excluding hydrogens is 481 g/mol. The monoisotopic (exact) mass is 498 g/mol. The molecule has 0 aliphatic heterocycles. The van der Waals surface area contributed by atoms with Crippen molar-refractivity contribution in [2.45, 2.75) is 25.7 Å². The number of halogens is 2. The average molecular weight is 500 g/mol. The van der Waals surface area contributed by atoms with Crippen LogP contribution in [0.5, 0.6) is 0 Å². The van der Waals surface area contributed by atoms with Crippen LogP contribution in [0.4, 0.5) is 0 Å². The van der Waals surface area contributed by atoms with Crippen LogP contribution in [0.2, 0.25) is 0 Å². The van der Waals surface area contributed by atoms with Crippen LogP contribution in [0.25, 0.3) is 0 Å². The van der Waals surface area contributed by atoms with Crippen molar-refractivity contribution in [2.24, 2.45) is 23.7 Å². The van der Waals surface area contributed by atoms with Crippen LogP contribution < -0.4 is 24.8 Å². The van der Waals surface area contributed by atoms with Crippen LogP contribution in [-0.2, 0) is 44.3 Å². The van der Waals surface area contributed by atoms with Crippen LogP contribution in [0.15, 0.2) is 24.3 Å². The molecule has 7 nitrogen and oxygen atoms in total. The van der Waals surface area contributed by atoms with Gasteiger partial charge in [0.05, 0.1) is 23.7 Å². The normalized spacial score (nSPS) is 26.3. The van der Waals surface area contributed by atoms with Gasteiger partial charge in [-0.3, -0.25) is 19.2 Å². The molecule has 2 N–H and O–H groups in total. The number of rotatable bonds is 4. The third-order valence-electron chi connectivity index (χ3n) is 4.31. The SMILES string of the molecule is O=C(O)C1CC=CCC1C(=O)OC(=O)C1CC=CCC1C(=O)O.[Cl-].[Cl-].[Pd+2]. The summed E-state index contributed by atoms with van der Waals surface area (Å²) >= 11 is 0. The number of carboxylic acid groups (broad SMARTS) is 2. The molecule has 0 aromatic heterocycles. The first-order chi connectivity index (χ1) is 10.9. The number of allylic oxidation sites excluding steroid dienone is 4. The Balaban J connectivity index is 0. The minimum absolute atomic E-state index is 0. The van der Waals surface area contributed by atoms with Crippen molar-refractivity contribution in [1.82, 2.24) is 0 Å². The molecule has 0 aromatic rings. The number of carbonyl (C=O) groups is 4. The number of carbonyl (C=O) groups excluding carboxylic acids is 2. The number of ether oxygens (including phenoxy) is 1. The van der Waals surface area contributed by atoms with Gasteiger partial charge >= 0.3 is 44.3 Å². The number of hydrogen-bond acceptors (Lipinski definition) is 5. The maximum Gasteiger partial charge on any atom is 2.00 e. The molecular formula is C16H18Cl2O7Pd. The average Bonchev–Trinajstić information content (AvgIpc) is 2.54. The van der Waals surface area contributed by atoms with Crippen LogP contribution in [0, 0.1) is 23.7 Å². The summed E-state index contributed by atoms with van der Waals surface area (Å²) in [6, 6.07) is 0. The van der Waals surface area contributed by atoms with Crippen molar-refractivity contribution in [3.8, 4) is 0 Å². The molecule has 0 saturated heterocycles. The summed E-state index contributed by atoms with van der Waals surface area (Å²) < 4.78 is 4.82. The molecule has 0 saturated carbocycles. The topological polar surface area (TPSA) is 118 Å². The van der Waals surface area contributed by atoms with Crippen LogP contribution in [0.3, 0.4) is 0 Å². The summed E-state index contributed by atoms with van der Waals surface area (Å²) in [5.41, 5.74) is 0. The maximum atomic E-state index is 12.1. The maximum absolute atomic E-state index is 12.1. The van der Waals surface area contributed by atoms with Crippen molar-refractivity contribution < 1.29 is 79.4 Å². The van der Waals surface area contributed by atoms with Crippen molar-refractivity contribution in [3.63, 3.8) is 0 Å². The predicted octanol–water partition coefficient (Wildman–Crippen LogP) is -4.60. The van der Waals surface area contributed by atoms with Crippen molar-refractivity contribution in [3.05, 3.63) is 24.3 Å². The smallest absolute Gasteiger partial charge is 1.00 e. The van der Waals surface area contributed by atoms with Crippen LogP contribution in [0.1, 0.15) is 25.7 Å². The molecule has 2 aliphatic carbocycles. The number of aliphatic carboxylic acids is 2. The summed E-state index contributed by atoms with van der Waals surface area (Å²) in [4.78, 5) is 46.6. The van der Waals surface area contributed by atoms with E-state index in [1.807, 2.05) is 0 Å². The fourth-order valence-electron chi connectivity index (χ4n) is 2.95. The van der Waals surface area contributed by atoms with Gasteiger partial charge in [0.1, 0.15) is 0 Å². The summed E-state index contributed by atoms with van der Waals surface area (Å²) in [5.74, 6) is -7.74. The molecule has 4 atom stereocenters. The summed E-state index contributed by atoms with van der Waals surface area (Å²) in [6.45, 7) is 0. The Labute approximate surface area is 176 Å². The van der Waals surface area contributed by atoms with E-state index in [2.05, 4.69) is 0 Å². The van der Waals surface area contributed by atoms with E-state index in [-0.39, 0.29) is 70.9 Å². The van der Waals surface area contributed by atoms with Crippen molar-refractivity contribution >= 4 is 23.9 Å². The zero-order valence-corrected chi connectivity index (χ0v) is 16.5. The van der Waals surface area contributed by atoms with Gasteiger partial charge in [-0.2, -0.15) is 0 Å². The zero-order valence-electron chi connectivity index (χ0n) is 13.5. The molecule has 2 rings (SSSR count). The largest absolute Gasteiger partial charge is 2.00 e. The Bertz CT molecular complexity index is 541. The van der Waals surface area contributed by atoms with E-state index in [0.717, 1.165) is 0 Å². The number of hydrogen-bond donors (Lipinski definition) is 2. The third-order valence-corrected chi connectivity index (χ3v) is 4.31. The van der Waals surface area contributed by atoms with E-state index in [0.29, 0.717) is 0 Å². The molecule has 148 valence electrons. The Hall–Kier alpha value is -1.20. The quantitative estimate of drug-likeness (QED) is 0.173. The second kappa shape index (κ2) is 12.2.